The minimum Gasteiger partial charge on any atom is -0.380 e. The molecule has 0 bridgehead atoms. The van der Waals surface area contributed by atoms with Gasteiger partial charge in [0, 0.05) is 26.2 Å². The molecule has 2 fully saturated rings. The molecule has 106 valence electrons. The monoisotopic (exact) mass is 254 g/mol. The van der Waals surface area contributed by atoms with Crippen LogP contribution in [0.5, 0.6) is 0 Å². The van der Waals surface area contributed by atoms with Crippen LogP contribution in [0.15, 0.2) is 0 Å². The molecule has 0 aromatic carbocycles. The van der Waals surface area contributed by atoms with Crippen molar-refractivity contribution in [3.63, 3.8) is 0 Å². The zero-order valence-electron chi connectivity index (χ0n) is 12.1. The third-order valence-electron chi connectivity index (χ3n) is 5.13. The van der Waals surface area contributed by atoms with Crippen LogP contribution in [0.4, 0.5) is 0 Å². The Hall–Kier alpha value is -0.120. The Bertz CT molecular complexity index is 241. The van der Waals surface area contributed by atoms with Gasteiger partial charge < -0.3 is 10.5 Å². The fourth-order valence-electron chi connectivity index (χ4n) is 3.82. The van der Waals surface area contributed by atoms with Gasteiger partial charge in [0.2, 0.25) is 0 Å². The van der Waals surface area contributed by atoms with E-state index in [4.69, 9.17) is 10.5 Å². The highest BCUT2D eigenvalue weighted by atomic mass is 16.5. The number of hydrogen-bond donors (Lipinski definition) is 1. The standard InChI is InChI=1S/C15H30N2O/c1-12-8-9-17(11-15(12)18-2)14(10-16)13-6-4-3-5-7-13/h12-15H,3-11,16H2,1-2H3. The van der Waals surface area contributed by atoms with Gasteiger partial charge in [-0.25, -0.2) is 0 Å². The lowest BCUT2D eigenvalue weighted by atomic mass is 9.82. The Morgan fingerprint density at radius 3 is 2.56 bits per heavy atom. The Morgan fingerprint density at radius 1 is 1.22 bits per heavy atom. The van der Waals surface area contributed by atoms with E-state index in [0.29, 0.717) is 18.1 Å². The maximum atomic E-state index is 6.07. The summed E-state index contributed by atoms with van der Waals surface area (Å²) in [6, 6.07) is 0.593. The molecule has 1 heterocycles. The van der Waals surface area contributed by atoms with Crippen molar-refractivity contribution < 1.29 is 4.74 Å². The highest BCUT2D eigenvalue weighted by molar-refractivity contribution is 4.88. The van der Waals surface area contributed by atoms with E-state index in [-0.39, 0.29) is 0 Å². The molecular formula is C15H30N2O. The first-order valence-corrected chi connectivity index (χ1v) is 7.73. The topological polar surface area (TPSA) is 38.5 Å². The van der Waals surface area contributed by atoms with Crippen molar-refractivity contribution in [2.75, 3.05) is 26.7 Å². The molecule has 1 aliphatic heterocycles. The van der Waals surface area contributed by atoms with Gasteiger partial charge in [-0.15, -0.1) is 0 Å². The number of piperidine rings is 1. The summed E-state index contributed by atoms with van der Waals surface area (Å²) in [5.74, 6) is 1.52. The molecule has 18 heavy (non-hydrogen) atoms. The zero-order chi connectivity index (χ0) is 13.0. The SMILES string of the molecule is COC1CN(C(CN)C2CCCCC2)CCC1C. The molecule has 0 amide bonds. The lowest BCUT2D eigenvalue weighted by molar-refractivity contribution is -0.0293. The summed E-state index contributed by atoms with van der Waals surface area (Å²) in [7, 11) is 1.85. The summed E-state index contributed by atoms with van der Waals surface area (Å²) in [4.78, 5) is 2.62. The third-order valence-corrected chi connectivity index (χ3v) is 5.13. The summed E-state index contributed by atoms with van der Waals surface area (Å²) in [6.07, 6.45) is 8.64. The van der Waals surface area contributed by atoms with Crippen LogP contribution < -0.4 is 5.73 Å². The quantitative estimate of drug-likeness (QED) is 0.836. The van der Waals surface area contributed by atoms with Crippen molar-refractivity contribution in [3.8, 4) is 0 Å². The van der Waals surface area contributed by atoms with Gasteiger partial charge in [-0.3, -0.25) is 4.90 Å². The number of nitrogens with two attached hydrogens (primary N) is 1. The van der Waals surface area contributed by atoms with E-state index in [1.807, 2.05) is 7.11 Å². The van der Waals surface area contributed by atoms with Gasteiger partial charge in [0.15, 0.2) is 0 Å². The van der Waals surface area contributed by atoms with E-state index in [0.717, 1.165) is 19.0 Å². The fraction of sp³-hybridized carbons (Fsp3) is 1.00. The van der Waals surface area contributed by atoms with E-state index >= 15 is 0 Å². The van der Waals surface area contributed by atoms with Crippen LogP contribution >= 0.6 is 0 Å². The van der Waals surface area contributed by atoms with E-state index in [1.165, 1.54) is 45.1 Å². The molecular weight excluding hydrogens is 224 g/mol. The summed E-state index contributed by atoms with van der Waals surface area (Å²) in [5.41, 5.74) is 6.07. The summed E-state index contributed by atoms with van der Waals surface area (Å²) in [5, 5.41) is 0. The number of rotatable bonds is 4. The second-order valence-corrected chi connectivity index (χ2v) is 6.24. The number of ether oxygens (including phenoxy) is 1. The lowest BCUT2D eigenvalue weighted by Gasteiger charge is -2.44. The predicted molar refractivity (Wildman–Crippen MR) is 75.6 cm³/mol. The highest BCUT2D eigenvalue weighted by Gasteiger charge is 2.33. The lowest BCUT2D eigenvalue weighted by Crippen LogP contribution is -2.53. The van der Waals surface area contributed by atoms with Crippen LogP contribution in [0.3, 0.4) is 0 Å². The molecule has 0 spiro atoms. The van der Waals surface area contributed by atoms with E-state index < -0.39 is 0 Å². The van der Waals surface area contributed by atoms with Crippen LogP contribution in [-0.4, -0.2) is 43.8 Å². The molecule has 3 heteroatoms. The maximum absolute atomic E-state index is 6.07. The second kappa shape index (κ2) is 6.88. The molecule has 0 radical (unpaired) electrons. The number of nitrogens with zero attached hydrogens (tertiary/aromatic N) is 1. The highest BCUT2D eigenvalue weighted by Crippen LogP contribution is 2.31. The van der Waals surface area contributed by atoms with Crippen molar-refractivity contribution in [1.82, 2.24) is 4.90 Å². The minimum absolute atomic E-state index is 0.399. The Balaban J connectivity index is 1.94. The van der Waals surface area contributed by atoms with Crippen LogP contribution in [0.25, 0.3) is 0 Å². The van der Waals surface area contributed by atoms with Gasteiger partial charge in [0.25, 0.3) is 0 Å². The number of methoxy groups -OCH3 is 1. The number of hydrogen-bond acceptors (Lipinski definition) is 3. The molecule has 2 N–H and O–H groups in total. The molecule has 2 aliphatic rings. The molecule has 1 saturated heterocycles. The van der Waals surface area contributed by atoms with Crippen LogP contribution in [-0.2, 0) is 4.74 Å². The van der Waals surface area contributed by atoms with Gasteiger partial charge in [-0.1, -0.05) is 26.2 Å². The molecule has 0 aromatic rings. The van der Waals surface area contributed by atoms with Gasteiger partial charge in [0.05, 0.1) is 6.10 Å². The van der Waals surface area contributed by atoms with Gasteiger partial charge in [0.1, 0.15) is 0 Å². The van der Waals surface area contributed by atoms with Crippen molar-refractivity contribution in [1.29, 1.82) is 0 Å². The van der Waals surface area contributed by atoms with Crippen molar-refractivity contribution in [3.05, 3.63) is 0 Å². The summed E-state index contributed by atoms with van der Waals surface area (Å²) < 4.78 is 5.63. The maximum Gasteiger partial charge on any atom is 0.0724 e. The Morgan fingerprint density at radius 2 is 1.94 bits per heavy atom. The van der Waals surface area contributed by atoms with Gasteiger partial charge in [-0.2, -0.15) is 0 Å². The second-order valence-electron chi connectivity index (χ2n) is 6.24. The molecule has 3 unspecified atom stereocenters. The minimum atomic E-state index is 0.399. The van der Waals surface area contributed by atoms with E-state index in [1.54, 1.807) is 0 Å². The van der Waals surface area contributed by atoms with Crippen LogP contribution in [0.1, 0.15) is 45.4 Å². The van der Waals surface area contributed by atoms with E-state index in [9.17, 15) is 0 Å². The zero-order valence-corrected chi connectivity index (χ0v) is 12.1. The molecule has 3 nitrogen and oxygen atoms in total. The normalized spacial score (nSPS) is 33.5. The first-order valence-electron chi connectivity index (χ1n) is 7.73. The predicted octanol–water partition coefficient (Wildman–Crippen LogP) is 2.25. The van der Waals surface area contributed by atoms with Crippen molar-refractivity contribution in [2.24, 2.45) is 17.6 Å². The molecule has 1 aliphatic carbocycles. The molecule has 1 saturated carbocycles. The van der Waals surface area contributed by atoms with Crippen LogP contribution in [0.2, 0.25) is 0 Å². The van der Waals surface area contributed by atoms with Gasteiger partial charge >= 0.3 is 0 Å². The molecule has 2 rings (SSSR count). The van der Waals surface area contributed by atoms with Gasteiger partial charge in [-0.05, 0) is 37.6 Å². The van der Waals surface area contributed by atoms with E-state index in [2.05, 4.69) is 11.8 Å². The molecule has 0 aromatic heterocycles. The average molecular weight is 254 g/mol. The average Bonchev–Trinajstić information content (AvgIpc) is 2.42. The first kappa shape index (κ1) is 14.3. The summed E-state index contributed by atoms with van der Waals surface area (Å²) >= 11 is 0. The Kier molecular flexibility index (Phi) is 5.46. The Labute approximate surface area is 112 Å². The van der Waals surface area contributed by atoms with Crippen molar-refractivity contribution in [2.45, 2.75) is 57.6 Å². The first-order chi connectivity index (χ1) is 8.76. The fourth-order valence-corrected chi connectivity index (χ4v) is 3.82. The molecule has 3 atom stereocenters. The smallest absolute Gasteiger partial charge is 0.0724 e. The summed E-state index contributed by atoms with van der Waals surface area (Å²) in [6.45, 7) is 5.41. The third kappa shape index (κ3) is 3.25. The number of likely N-dealkylation sites (tertiary alicyclic amines) is 1. The largest absolute Gasteiger partial charge is 0.380 e. The van der Waals surface area contributed by atoms with Crippen LogP contribution in [0, 0.1) is 11.8 Å². The van der Waals surface area contributed by atoms with Crippen molar-refractivity contribution >= 4 is 0 Å².